The lowest BCUT2D eigenvalue weighted by molar-refractivity contribution is 0.134. The van der Waals surface area contributed by atoms with Crippen LogP contribution in [0.2, 0.25) is 5.02 Å². The Balaban J connectivity index is 1.38. The molecule has 0 spiro atoms. The fraction of sp³-hybridized carbons (Fsp3) is 0.448. The molecule has 33 heavy (non-hydrogen) atoms. The van der Waals surface area contributed by atoms with E-state index in [-0.39, 0.29) is 5.41 Å². The highest BCUT2D eigenvalue weighted by molar-refractivity contribution is 6.30. The topological polar surface area (TPSA) is 18.5 Å². The molecular formula is C29H38ClN3. The third-order valence-corrected chi connectivity index (χ3v) is 8.24. The number of halogens is 1. The molecule has 2 aliphatic heterocycles. The van der Waals surface area contributed by atoms with Crippen molar-refractivity contribution in [3.05, 3.63) is 83.0 Å². The molecule has 176 valence electrons. The molecule has 0 bridgehead atoms. The summed E-state index contributed by atoms with van der Waals surface area (Å²) < 4.78 is 0. The normalized spacial score (nSPS) is 19.2. The first kappa shape index (κ1) is 23.9. The lowest BCUT2D eigenvalue weighted by atomic mass is 9.72. The van der Waals surface area contributed by atoms with Crippen LogP contribution in [0.25, 0.3) is 0 Å². The van der Waals surface area contributed by atoms with Gasteiger partial charge in [0.25, 0.3) is 0 Å². The van der Waals surface area contributed by atoms with Crippen LogP contribution in [0.4, 0.5) is 11.4 Å². The summed E-state index contributed by atoms with van der Waals surface area (Å²) in [6.45, 7) is 13.0. The summed E-state index contributed by atoms with van der Waals surface area (Å²) in [5, 5.41) is 4.14. The highest BCUT2D eigenvalue weighted by Gasteiger charge is 2.36. The van der Waals surface area contributed by atoms with Gasteiger partial charge in [-0.05, 0) is 99.5 Å². The van der Waals surface area contributed by atoms with Gasteiger partial charge in [0, 0.05) is 47.6 Å². The summed E-state index contributed by atoms with van der Waals surface area (Å²) in [6, 6.07) is 13.7. The molecule has 4 heteroatoms. The van der Waals surface area contributed by atoms with Gasteiger partial charge >= 0.3 is 0 Å². The number of hydrogen-bond acceptors (Lipinski definition) is 3. The summed E-state index contributed by atoms with van der Waals surface area (Å²) in [5.41, 5.74) is 7.87. The predicted octanol–water partition coefficient (Wildman–Crippen LogP) is 6.82. The van der Waals surface area contributed by atoms with E-state index in [1.807, 2.05) is 13.1 Å². The summed E-state index contributed by atoms with van der Waals surface area (Å²) in [5.74, 6) is 0. The molecule has 4 rings (SSSR count). The smallest absolute Gasteiger partial charge is 0.0438 e. The van der Waals surface area contributed by atoms with Gasteiger partial charge in [-0.15, -0.1) is 6.58 Å². The molecule has 2 aromatic carbocycles. The maximum Gasteiger partial charge on any atom is 0.0438 e. The molecule has 2 heterocycles. The number of aryl methyl sites for hydroxylation is 2. The number of fused-ring (bicyclic) bond motifs is 1. The van der Waals surface area contributed by atoms with Crippen LogP contribution in [0.3, 0.4) is 0 Å². The number of nitrogens with zero attached hydrogens (tertiary/aromatic N) is 2. The molecule has 3 nitrogen and oxygen atoms in total. The molecule has 1 N–H and O–H groups in total. The molecule has 0 saturated carbocycles. The quantitative estimate of drug-likeness (QED) is 0.454. The van der Waals surface area contributed by atoms with E-state index in [0.717, 1.165) is 55.9 Å². The van der Waals surface area contributed by atoms with Crippen molar-refractivity contribution in [3.8, 4) is 0 Å². The van der Waals surface area contributed by atoms with Crippen molar-refractivity contribution >= 4 is 23.0 Å². The zero-order chi connectivity index (χ0) is 23.6. The molecule has 1 saturated heterocycles. The number of anilines is 2. The summed E-state index contributed by atoms with van der Waals surface area (Å²) in [4.78, 5) is 4.89. The molecule has 0 aliphatic carbocycles. The van der Waals surface area contributed by atoms with Crippen molar-refractivity contribution in [1.82, 2.24) is 4.90 Å². The average Bonchev–Trinajstić information content (AvgIpc) is 2.85. The van der Waals surface area contributed by atoms with E-state index >= 15 is 0 Å². The van der Waals surface area contributed by atoms with E-state index in [1.165, 1.54) is 34.5 Å². The third-order valence-electron chi connectivity index (χ3n) is 8.01. The Morgan fingerprint density at radius 2 is 1.91 bits per heavy atom. The minimum Gasteiger partial charge on any atom is -0.388 e. The van der Waals surface area contributed by atoms with Gasteiger partial charge in [-0.3, -0.25) is 0 Å². The van der Waals surface area contributed by atoms with Crippen LogP contribution in [-0.2, 0) is 18.3 Å². The van der Waals surface area contributed by atoms with Gasteiger partial charge in [0.15, 0.2) is 0 Å². The van der Waals surface area contributed by atoms with Gasteiger partial charge in [0.05, 0.1) is 0 Å². The second-order valence-corrected chi connectivity index (χ2v) is 10.2. The molecule has 2 aliphatic rings. The van der Waals surface area contributed by atoms with Crippen molar-refractivity contribution < 1.29 is 0 Å². The van der Waals surface area contributed by atoms with E-state index in [2.05, 4.69) is 78.7 Å². The molecular weight excluding hydrogens is 426 g/mol. The molecule has 2 aromatic rings. The number of benzene rings is 2. The van der Waals surface area contributed by atoms with E-state index < -0.39 is 0 Å². The number of nitrogens with one attached hydrogen (secondary N) is 1. The fourth-order valence-corrected chi connectivity index (χ4v) is 5.76. The van der Waals surface area contributed by atoms with Crippen molar-refractivity contribution in [2.45, 2.75) is 56.9 Å². The molecule has 1 unspecified atom stereocenters. The summed E-state index contributed by atoms with van der Waals surface area (Å²) in [7, 11) is 4.11. The summed E-state index contributed by atoms with van der Waals surface area (Å²) in [6.07, 6.45) is 8.78. The van der Waals surface area contributed by atoms with Crippen molar-refractivity contribution in [2.75, 3.05) is 37.4 Å². The Bertz CT molecular complexity index is 1020. The zero-order valence-electron chi connectivity index (χ0n) is 20.5. The van der Waals surface area contributed by atoms with Crippen LogP contribution in [0.15, 0.2) is 61.3 Å². The van der Waals surface area contributed by atoms with E-state index in [4.69, 9.17) is 11.6 Å². The number of piperidine rings is 1. The highest BCUT2D eigenvalue weighted by atomic mass is 35.5. The first-order valence-corrected chi connectivity index (χ1v) is 12.6. The summed E-state index contributed by atoms with van der Waals surface area (Å²) >= 11 is 6.37. The minimum atomic E-state index is -0.0199. The lowest BCUT2D eigenvalue weighted by Crippen LogP contribution is -2.45. The first-order valence-electron chi connectivity index (χ1n) is 12.3. The molecule has 0 amide bonds. The second-order valence-electron chi connectivity index (χ2n) is 9.81. The van der Waals surface area contributed by atoms with Gasteiger partial charge in [-0.2, -0.15) is 0 Å². The molecule has 0 radical (unpaired) electrons. The second kappa shape index (κ2) is 9.95. The van der Waals surface area contributed by atoms with Gasteiger partial charge < -0.3 is 15.1 Å². The van der Waals surface area contributed by atoms with Crippen LogP contribution >= 0.6 is 11.6 Å². The van der Waals surface area contributed by atoms with Crippen molar-refractivity contribution in [1.29, 1.82) is 0 Å². The fourth-order valence-electron chi connectivity index (χ4n) is 5.59. The zero-order valence-corrected chi connectivity index (χ0v) is 21.2. The van der Waals surface area contributed by atoms with Crippen LogP contribution in [0, 0.1) is 0 Å². The van der Waals surface area contributed by atoms with Crippen LogP contribution in [-0.4, -0.2) is 38.1 Å². The van der Waals surface area contributed by atoms with Gasteiger partial charge in [0.2, 0.25) is 0 Å². The number of hydrogen-bond donors (Lipinski definition) is 1. The van der Waals surface area contributed by atoms with E-state index in [0.29, 0.717) is 6.04 Å². The van der Waals surface area contributed by atoms with Gasteiger partial charge in [-0.25, -0.2) is 0 Å². The van der Waals surface area contributed by atoms with Crippen LogP contribution in [0.1, 0.15) is 49.3 Å². The molecule has 1 atom stereocenters. The predicted molar refractivity (Wildman–Crippen MR) is 144 cm³/mol. The van der Waals surface area contributed by atoms with Crippen molar-refractivity contribution in [3.63, 3.8) is 0 Å². The lowest BCUT2D eigenvalue weighted by Gasteiger charge is -2.43. The van der Waals surface area contributed by atoms with Crippen molar-refractivity contribution in [2.24, 2.45) is 0 Å². The standard InChI is InChI=1S/C29H38ClN3/c1-6-29(26-20-25(30)12-13-27(26)31-4)15-17-33(18-16-29)22(3)7-9-23-10-14-28-24(19-23)11-8-21(2)32(28)5/h6,10,12-14,19-20,22,31H,1-2,7-9,11,15-18H2,3-5H3. The maximum atomic E-state index is 6.37. The number of rotatable bonds is 7. The largest absolute Gasteiger partial charge is 0.388 e. The Hall–Kier alpha value is -2.23. The molecule has 0 aromatic heterocycles. The number of allylic oxidation sites excluding steroid dienone is 2. The highest BCUT2D eigenvalue weighted by Crippen LogP contribution is 2.42. The average molecular weight is 464 g/mol. The van der Waals surface area contributed by atoms with Gasteiger partial charge in [-0.1, -0.05) is 36.4 Å². The Morgan fingerprint density at radius 3 is 2.61 bits per heavy atom. The monoisotopic (exact) mass is 463 g/mol. The van der Waals surface area contributed by atoms with Gasteiger partial charge in [0.1, 0.15) is 0 Å². The third kappa shape index (κ3) is 4.85. The van der Waals surface area contributed by atoms with E-state index in [1.54, 1.807) is 0 Å². The van der Waals surface area contributed by atoms with Crippen LogP contribution in [0.5, 0.6) is 0 Å². The first-order chi connectivity index (χ1) is 15.9. The van der Waals surface area contributed by atoms with Crippen LogP contribution < -0.4 is 10.2 Å². The molecule has 1 fully saturated rings. The Labute approximate surface area is 205 Å². The SMILES string of the molecule is C=CC1(c2cc(Cl)ccc2NC)CCN(C(C)CCc2ccc3c(c2)CCC(=C)N3C)CC1. The van der Waals surface area contributed by atoms with E-state index in [9.17, 15) is 0 Å². The maximum absolute atomic E-state index is 6.37. The number of likely N-dealkylation sites (tertiary alicyclic amines) is 1. The minimum absolute atomic E-state index is 0.0199. The Kier molecular flexibility index (Phi) is 7.21. The Morgan fingerprint density at radius 1 is 1.15 bits per heavy atom.